The fourth-order valence-electron chi connectivity index (χ4n) is 1.91. The average Bonchev–Trinajstić information content (AvgIpc) is 2.39. The molecule has 0 aliphatic rings. The second-order valence-corrected chi connectivity index (χ2v) is 3.81. The minimum Gasteiger partial charge on any atom is -0.366 e. The first-order valence-corrected chi connectivity index (χ1v) is 5.60. The molecule has 2 aromatic rings. The third-order valence-corrected chi connectivity index (χ3v) is 2.67. The van der Waals surface area contributed by atoms with Crippen LogP contribution < -0.4 is 11.5 Å². The highest BCUT2D eigenvalue weighted by Crippen LogP contribution is 2.26. The van der Waals surface area contributed by atoms with Gasteiger partial charge in [0.2, 0.25) is 5.91 Å². The van der Waals surface area contributed by atoms with Crippen LogP contribution in [0.1, 0.15) is 15.9 Å². The van der Waals surface area contributed by atoms with Crippen molar-refractivity contribution in [2.75, 3.05) is 6.54 Å². The van der Waals surface area contributed by atoms with Gasteiger partial charge in [-0.2, -0.15) is 0 Å². The van der Waals surface area contributed by atoms with Crippen molar-refractivity contribution in [3.05, 3.63) is 60.3 Å². The monoisotopic (exact) mass is 240 g/mol. The molecule has 1 aromatic carbocycles. The summed E-state index contributed by atoms with van der Waals surface area (Å²) in [5, 5.41) is 0. The predicted octanol–water partition coefficient (Wildman–Crippen LogP) is 1.36. The van der Waals surface area contributed by atoms with Gasteiger partial charge in [-0.05, 0) is 35.4 Å². The van der Waals surface area contributed by atoms with Gasteiger partial charge in [-0.1, -0.05) is 18.2 Å². The normalized spacial score (nSPS) is 10.3. The van der Waals surface area contributed by atoms with Crippen LogP contribution in [0.25, 0.3) is 11.1 Å². The SMILES string of the molecule is NC[CH]c1cccc(-c2ccncc2)c1C(N)=O. The van der Waals surface area contributed by atoms with Gasteiger partial charge in [-0.15, -0.1) is 0 Å². The first-order chi connectivity index (χ1) is 8.74. The van der Waals surface area contributed by atoms with Gasteiger partial charge in [0.25, 0.3) is 0 Å². The number of amides is 1. The van der Waals surface area contributed by atoms with Crippen molar-refractivity contribution in [3.8, 4) is 11.1 Å². The van der Waals surface area contributed by atoms with E-state index in [4.69, 9.17) is 11.5 Å². The molecule has 0 unspecified atom stereocenters. The van der Waals surface area contributed by atoms with Crippen molar-refractivity contribution in [1.29, 1.82) is 0 Å². The summed E-state index contributed by atoms with van der Waals surface area (Å²) in [6.07, 6.45) is 5.14. The summed E-state index contributed by atoms with van der Waals surface area (Å²) in [6, 6.07) is 9.26. The van der Waals surface area contributed by atoms with Crippen LogP contribution in [0.15, 0.2) is 42.7 Å². The van der Waals surface area contributed by atoms with Gasteiger partial charge in [0.15, 0.2) is 0 Å². The van der Waals surface area contributed by atoms with E-state index in [1.807, 2.05) is 30.3 Å². The number of carbonyl (C=O) groups excluding carboxylic acids is 1. The Balaban J connectivity index is 2.60. The lowest BCUT2D eigenvalue weighted by Crippen LogP contribution is -2.16. The van der Waals surface area contributed by atoms with Gasteiger partial charge in [0.1, 0.15) is 0 Å². The highest BCUT2D eigenvalue weighted by Gasteiger charge is 2.14. The van der Waals surface area contributed by atoms with Crippen LogP contribution in [0.3, 0.4) is 0 Å². The van der Waals surface area contributed by atoms with E-state index in [-0.39, 0.29) is 0 Å². The molecule has 1 heterocycles. The lowest BCUT2D eigenvalue weighted by molar-refractivity contribution is 0.100. The van der Waals surface area contributed by atoms with E-state index in [0.29, 0.717) is 12.1 Å². The Labute approximate surface area is 106 Å². The number of benzene rings is 1. The minimum atomic E-state index is -0.456. The zero-order chi connectivity index (χ0) is 13.0. The van der Waals surface area contributed by atoms with Crippen molar-refractivity contribution in [2.45, 2.75) is 0 Å². The van der Waals surface area contributed by atoms with E-state index < -0.39 is 5.91 Å². The van der Waals surface area contributed by atoms with Crippen molar-refractivity contribution in [3.63, 3.8) is 0 Å². The van der Waals surface area contributed by atoms with Gasteiger partial charge in [0.05, 0.1) is 5.56 Å². The molecule has 91 valence electrons. The zero-order valence-electron chi connectivity index (χ0n) is 9.84. The standard InChI is InChI=1S/C14H14N3O/c15-7-4-11-2-1-3-12(13(11)14(16)18)10-5-8-17-9-6-10/h1-6,8-9H,7,15H2,(H2,16,18). The molecule has 0 bridgehead atoms. The maximum absolute atomic E-state index is 11.6. The molecule has 0 aliphatic heterocycles. The second kappa shape index (κ2) is 5.42. The zero-order valence-corrected chi connectivity index (χ0v) is 9.84. The van der Waals surface area contributed by atoms with Crippen molar-refractivity contribution < 1.29 is 4.79 Å². The van der Waals surface area contributed by atoms with Crippen LogP contribution in [0, 0.1) is 6.42 Å². The molecule has 0 atom stereocenters. The number of hydrogen-bond acceptors (Lipinski definition) is 3. The van der Waals surface area contributed by atoms with Gasteiger partial charge < -0.3 is 11.5 Å². The first kappa shape index (κ1) is 12.3. The molecule has 0 saturated carbocycles. The van der Waals surface area contributed by atoms with Crippen molar-refractivity contribution >= 4 is 5.91 Å². The van der Waals surface area contributed by atoms with Gasteiger partial charge >= 0.3 is 0 Å². The molecule has 1 aromatic heterocycles. The molecule has 0 spiro atoms. The molecule has 4 nitrogen and oxygen atoms in total. The number of aromatic nitrogens is 1. The average molecular weight is 240 g/mol. The highest BCUT2D eigenvalue weighted by molar-refractivity contribution is 6.01. The lowest BCUT2D eigenvalue weighted by Gasteiger charge is -2.11. The van der Waals surface area contributed by atoms with E-state index in [1.54, 1.807) is 18.8 Å². The fraction of sp³-hybridized carbons (Fsp3) is 0.0714. The van der Waals surface area contributed by atoms with E-state index >= 15 is 0 Å². The molecule has 4 heteroatoms. The maximum atomic E-state index is 11.6. The minimum absolute atomic E-state index is 0.361. The van der Waals surface area contributed by atoms with E-state index in [2.05, 4.69) is 4.98 Å². The number of hydrogen-bond donors (Lipinski definition) is 2. The number of carbonyl (C=O) groups is 1. The Morgan fingerprint density at radius 2 is 1.94 bits per heavy atom. The molecule has 0 fully saturated rings. The summed E-state index contributed by atoms with van der Waals surface area (Å²) in [6.45, 7) is 0.361. The molecular weight excluding hydrogens is 226 g/mol. The number of nitrogens with zero attached hydrogens (tertiary/aromatic N) is 1. The van der Waals surface area contributed by atoms with Gasteiger partial charge in [-0.25, -0.2) is 0 Å². The molecule has 1 radical (unpaired) electrons. The highest BCUT2D eigenvalue weighted by atomic mass is 16.1. The van der Waals surface area contributed by atoms with Crippen LogP contribution >= 0.6 is 0 Å². The van der Waals surface area contributed by atoms with E-state index in [9.17, 15) is 4.79 Å². The molecule has 0 aliphatic carbocycles. The summed E-state index contributed by atoms with van der Waals surface area (Å²) in [5.41, 5.74) is 13.9. The van der Waals surface area contributed by atoms with Crippen molar-refractivity contribution in [2.24, 2.45) is 11.5 Å². The van der Waals surface area contributed by atoms with Crippen LogP contribution in [0.4, 0.5) is 0 Å². The van der Waals surface area contributed by atoms with Gasteiger partial charge in [-0.3, -0.25) is 9.78 Å². The molecule has 18 heavy (non-hydrogen) atoms. The second-order valence-electron chi connectivity index (χ2n) is 3.81. The predicted molar refractivity (Wildman–Crippen MR) is 70.6 cm³/mol. The smallest absolute Gasteiger partial charge is 0.249 e. The molecule has 2 rings (SSSR count). The van der Waals surface area contributed by atoms with E-state index in [0.717, 1.165) is 16.7 Å². The topological polar surface area (TPSA) is 82.0 Å². The van der Waals surface area contributed by atoms with Crippen LogP contribution in [-0.4, -0.2) is 17.4 Å². The van der Waals surface area contributed by atoms with Crippen molar-refractivity contribution in [1.82, 2.24) is 4.98 Å². The number of primary amides is 1. The number of rotatable bonds is 4. The van der Waals surface area contributed by atoms with Crippen LogP contribution in [0.5, 0.6) is 0 Å². The Morgan fingerprint density at radius 3 is 2.56 bits per heavy atom. The number of pyridine rings is 1. The maximum Gasteiger partial charge on any atom is 0.249 e. The number of nitrogens with two attached hydrogens (primary N) is 2. The summed E-state index contributed by atoms with van der Waals surface area (Å²) in [4.78, 5) is 15.6. The summed E-state index contributed by atoms with van der Waals surface area (Å²) in [7, 11) is 0. The third-order valence-electron chi connectivity index (χ3n) is 2.67. The van der Waals surface area contributed by atoms with E-state index in [1.165, 1.54) is 0 Å². The summed E-state index contributed by atoms with van der Waals surface area (Å²) >= 11 is 0. The first-order valence-electron chi connectivity index (χ1n) is 5.60. The summed E-state index contributed by atoms with van der Waals surface area (Å²) < 4.78 is 0. The van der Waals surface area contributed by atoms with Crippen LogP contribution in [-0.2, 0) is 0 Å². The Bertz CT molecular complexity index is 552. The molecular formula is C14H14N3O. The largest absolute Gasteiger partial charge is 0.366 e. The van der Waals surface area contributed by atoms with Crippen LogP contribution in [0.2, 0.25) is 0 Å². The lowest BCUT2D eigenvalue weighted by atomic mass is 9.94. The summed E-state index contributed by atoms with van der Waals surface area (Å²) in [5.74, 6) is -0.456. The molecule has 0 saturated heterocycles. The Hall–Kier alpha value is -2.20. The molecule has 1 amide bonds. The Kier molecular flexibility index (Phi) is 3.69. The third kappa shape index (κ3) is 2.38. The van der Waals surface area contributed by atoms with Gasteiger partial charge in [0, 0.05) is 18.8 Å². The fourth-order valence-corrected chi connectivity index (χ4v) is 1.91. The Morgan fingerprint density at radius 1 is 1.22 bits per heavy atom. The quantitative estimate of drug-likeness (QED) is 0.846. The molecule has 4 N–H and O–H groups in total.